The number of anilines is 1. The van der Waals surface area contributed by atoms with Crippen LogP contribution in [0.2, 0.25) is 5.02 Å². The number of benzene rings is 2. The maximum atomic E-state index is 11.8. The molecule has 2 aromatic carbocycles. The number of carbonyl (C=O) groups is 1. The molecule has 24 heavy (non-hydrogen) atoms. The largest absolute Gasteiger partial charge is 0.462 e. The van der Waals surface area contributed by atoms with E-state index in [1.54, 1.807) is 19.1 Å². The van der Waals surface area contributed by atoms with Gasteiger partial charge in [-0.1, -0.05) is 35.9 Å². The van der Waals surface area contributed by atoms with Crippen LogP contribution in [-0.2, 0) is 11.3 Å². The lowest BCUT2D eigenvalue weighted by molar-refractivity contribution is 0.0526. The molecule has 0 aromatic heterocycles. The monoisotopic (exact) mass is 362 g/mol. The van der Waals surface area contributed by atoms with Crippen molar-refractivity contribution in [3.63, 3.8) is 0 Å². The van der Waals surface area contributed by atoms with Crippen LogP contribution in [0.3, 0.4) is 0 Å². The Bertz CT molecular complexity index is 750. The first-order valence-electron chi connectivity index (χ1n) is 7.57. The summed E-state index contributed by atoms with van der Waals surface area (Å²) in [6.45, 7) is 4.57. The van der Waals surface area contributed by atoms with E-state index >= 15 is 0 Å². The normalized spacial score (nSPS) is 10.1. The van der Waals surface area contributed by atoms with E-state index in [0.29, 0.717) is 28.9 Å². The predicted molar refractivity (Wildman–Crippen MR) is 102 cm³/mol. The third-order valence-corrected chi connectivity index (χ3v) is 4.01. The zero-order valence-electron chi connectivity index (χ0n) is 13.6. The molecule has 0 aliphatic heterocycles. The zero-order chi connectivity index (χ0) is 17.5. The van der Waals surface area contributed by atoms with Crippen LogP contribution in [-0.4, -0.2) is 17.7 Å². The van der Waals surface area contributed by atoms with Crippen molar-refractivity contribution < 1.29 is 9.53 Å². The average Bonchev–Trinajstić information content (AvgIpc) is 2.56. The van der Waals surface area contributed by atoms with Crippen molar-refractivity contribution in [3.05, 3.63) is 64.2 Å². The number of halogens is 1. The minimum absolute atomic E-state index is 0.341. The highest BCUT2D eigenvalue weighted by molar-refractivity contribution is 7.80. The molecule has 0 fully saturated rings. The summed E-state index contributed by atoms with van der Waals surface area (Å²) < 4.78 is 5.02. The van der Waals surface area contributed by atoms with Crippen molar-refractivity contribution in [1.29, 1.82) is 0 Å². The maximum absolute atomic E-state index is 11.8. The standard InChI is InChI=1S/C18H19ClN2O2S/c1-3-23-17(22)13-9-8-12(2)16(10-13)21-18(24)20-11-14-6-4-5-7-15(14)19/h4-10H,3,11H2,1-2H3,(H2,20,21,24). The van der Waals surface area contributed by atoms with Crippen molar-refractivity contribution in [3.8, 4) is 0 Å². The molecule has 6 heteroatoms. The Morgan fingerprint density at radius 2 is 2.00 bits per heavy atom. The quantitative estimate of drug-likeness (QED) is 0.613. The van der Waals surface area contributed by atoms with Gasteiger partial charge in [0.1, 0.15) is 0 Å². The molecular weight excluding hydrogens is 344 g/mol. The number of rotatable bonds is 5. The second-order valence-corrected chi connectivity index (χ2v) is 5.96. The predicted octanol–water partition coefficient (Wildman–Crippen LogP) is 4.31. The molecule has 2 aromatic rings. The molecule has 2 N–H and O–H groups in total. The van der Waals surface area contributed by atoms with Gasteiger partial charge in [-0.05, 0) is 55.4 Å². The average molecular weight is 363 g/mol. The molecule has 0 unspecified atom stereocenters. The molecule has 0 atom stereocenters. The first-order valence-corrected chi connectivity index (χ1v) is 8.36. The number of ether oxygens (including phenoxy) is 1. The first-order chi connectivity index (χ1) is 11.5. The van der Waals surface area contributed by atoms with Gasteiger partial charge in [-0.25, -0.2) is 4.79 Å². The molecule has 0 aliphatic rings. The summed E-state index contributed by atoms with van der Waals surface area (Å²) in [6, 6.07) is 12.9. The Balaban J connectivity index is 2.02. The van der Waals surface area contributed by atoms with E-state index in [9.17, 15) is 4.79 Å². The summed E-state index contributed by atoms with van der Waals surface area (Å²) >= 11 is 11.4. The van der Waals surface area contributed by atoms with Gasteiger partial charge in [-0.3, -0.25) is 0 Å². The molecular formula is C18H19ClN2O2S. The topological polar surface area (TPSA) is 50.4 Å². The molecule has 4 nitrogen and oxygen atoms in total. The minimum atomic E-state index is -0.351. The van der Waals surface area contributed by atoms with Crippen molar-refractivity contribution >= 4 is 40.6 Å². The lowest BCUT2D eigenvalue weighted by Gasteiger charge is -2.14. The SMILES string of the molecule is CCOC(=O)c1ccc(C)c(NC(=S)NCc2ccccc2Cl)c1. The summed E-state index contributed by atoms with van der Waals surface area (Å²) in [4.78, 5) is 11.8. The van der Waals surface area contributed by atoms with Crippen molar-refractivity contribution in [2.75, 3.05) is 11.9 Å². The third kappa shape index (κ3) is 4.94. The zero-order valence-corrected chi connectivity index (χ0v) is 15.1. The van der Waals surface area contributed by atoms with Crippen molar-refractivity contribution in [2.45, 2.75) is 20.4 Å². The van der Waals surface area contributed by atoms with E-state index in [1.807, 2.05) is 37.3 Å². The lowest BCUT2D eigenvalue weighted by atomic mass is 10.1. The summed E-state index contributed by atoms with van der Waals surface area (Å²) in [6.07, 6.45) is 0. The molecule has 0 amide bonds. The van der Waals surface area contributed by atoms with Gasteiger partial charge >= 0.3 is 5.97 Å². The van der Waals surface area contributed by atoms with Gasteiger partial charge in [-0.15, -0.1) is 0 Å². The molecule has 0 spiro atoms. The van der Waals surface area contributed by atoms with Gasteiger partial charge in [0.05, 0.1) is 12.2 Å². The van der Waals surface area contributed by atoms with E-state index in [2.05, 4.69) is 10.6 Å². The molecule has 0 radical (unpaired) electrons. The summed E-state index contributed by atoms with van der Waals surface area (Å²) in [5, 5.41) is 7.36. The number of hydrogen-bond acceptors (Lipinski definition) is 3. The smallest absolute Gasteiger partial charge is 0.338 e. The van der Waals surface area contributed by atoms with Gasteiger partial charge in [0.25, 0.3) is 0 Å². The van der Waals surface area contributed by atoms with Crippen LogP contribution in [0.5, 0.6) is 0 Å². The van der Waals surface area contributed by atoms with E-state index in [0.717, 1.165) is 16.8 Å². The van der Waals surface area contributed by atoms with Gasteiger partial charge in [0.15, 0.2) is 5.11 Å². The van der Waals surface area contributed by atoms with Gasteiger partial charge in [0.2, 0.25) is 0 Å². The number of nitrogens with one attached hydrogen (secondary N) is 2. The fraction of sp³-hybridized carbons (Fsp3) is 0.222. The van der Waals surface area contributed by atoms with Crippen LogP contribution in [0, 0.1) is 6.92 Å². The van der Waals surface area contributed by atoms with Crippen LogP contribution in [0.1, 0.15) is 28.4 Å². The molecule has 0 heterocycles. The second kappa shape index (κ2) is 8.66. The molecule has 0 saturated carbocycles. The Labute approximate surface area is 152 Å². The number of hydrogen-bond donors (Lipinski definition) is 2. The van der Waals surface area contributed by atoms with E-state index in [1.165, 1.54) is 0 Å². The van der Waals surface area contributed by atoms with Gasteiger partial charge < -0.3 is 15.4 Å². The fourth-order valence-corrected chi connectivity index (χ4v) is 2.47. The molecule has 0 saturated heterocycles. The van der Waals surface area contributed by atoms with E-state index in [4.69, 9.17) is 28.6 Å². The Morgan fingerprint density at radius 1 is 1.25 bits per heavy atom. The second-order valence-electron chi connectivity index (χ2n) is 5.15. The minimum Gasteiger partial charge on any atom is -0.462 e. The van der Waals surface area contributed by atoms with E-state index in [-0.39, 0.29) is 5.97 Å². The summed E-state index contributed by atoms with van der Waals surface area (Å²) in [7, 11) is 0. The van der Waals surface area contributed by atoms with Crippen molar-refractivity contribution in [1.82, 2.24) is 5.32 Å². The maximum Gasteiger partial charge on any atom is 0.338 e. The molecule has 2 rings (SSSR count). The summed E-state index contributed by atoms with van der Waals surface area (Å²) in [5.41, 5.74) is 3.18. The van der Waals surface area contributed by atoms with Crippen LogP contribution >= 0.6 is 23.8 Å². The highest BCUT2D eigenvalue weighted by atomic mass is 35.5. The van der Waals surface area contributed by atoms with Crippen LogP contribution < -0.4 is 10.6 Å². The highest BCUT2D eigenvalue weighted by Gasteiger charge is 2.10. The first kappa shape index (κ1) is 18.2. The molecule has 0 aliphatic carbocycles. The van der Waals surface area contributed by atoms with Crippen LogP contribution in [0.25, 0.3) is 0 Å². The number of thiocarbonyl (C=S) groups is 1. The Kier molecular flexibility index (Phi) is 6.58. The van der Waals surface area contributed by atoms with E-state index < -0.39 is 0 Å². The highest BCUT2D eigenvalue weighted by Crippen LogP contribution is 2.18. The lowest BCUT2D eigenvalue weighted by Crippen LogP contribution is -2.28. The molecule has 126 valence electrons. The number of aryl methyl sites for hydroxylation is 1. The van der Waals surface area contributed by atoms with Crippen molar-refractivity contribution in [2.24, 2.45) is 0 Å². The number of esters is 1. The third-order valence-electron chi connectivity index (χ3n) is 3.39. The van der Waals surface area contributed by atoms with Gasteiger partial charge in [0, 0.05) is 17.3 Å². The molecule has 0 bridgehead atoms. The number of carbonyl (C=O) groups excluding carboxylic acids is 1. The Hall–Kier alpha value is -2.11. The Morgan fingerprint density at radius 3 is 2.71 bits per heavy atom. The van der Waals surface area contributed by atoms with Crippen LogP contribution in [0.15, 0.2) is 42.5 Å². The summed E-state index contributed by atoms with van der Waals surface area (Å²) in [5.74, 6) is -0.351. The van der Waals surface area contributed by atoms with Gasteiger partial charge in [-0.2, -0.15) is 0 Å². The van der Waals surface area contributed by atoms with Crippen LogP contribution in [0.4, 0.5) is 5.69 Å². The fourth-order valence-electron chi connectivity index (χ4n) is 2.08.